The van der Waals surface area contributed by atoms with Gasteiger partial charge in [0.05, 0.1) is 0 Å². The van der Waals surface area contributed by atoms with E-state index in [0.717, 1.165) is 30.4 Å². The summed E-state index contributed by atoms with van der Waals surface area (Å²) in [7, 11) is 3.59. The molecule has 2 rings (SSSR count). The molecule has 0 bridgehead atoms. The van der Waals surface area contributed by atoms with Crippen molar-refractivity contribution in [3.05, 3.63) is 23.8 Å². The molecule has 6 heteroatoms. The minimum absolute atomic E-state index is 0. The highest BCUT2D eigenvalue weighted by Crippen LogP contribution is 2.32. The average Bonchev–Trinajstić information content (AvgIpc) is 2.82. The molecule has 0 fully saturated rings. The highest BCUT2D eigenvalue weighted by Gasteiger charge is 2.12. The third-order valence-corrected chi connectivity index (χ3v) is 2.60. The van der Waals surface area contributed by atoms with Crippen LogP contribution in [-0.4, -0.2) is 33.4 Å². The molecule has 2 N–H and O–H groups in total. The summed E-state index contributed by atoms with van der Waals surface area (Å²) in [6.45, 7) is 1.15. The Morgan fingerprint density at radius 2 is 2.11 bits per heavy atom. The highest BCUT2D eigenvalue weighted by atomic mass is 127. The van der Waals surface area contributed by atoms with Crippen molar-refractivity contribution in [2.75, 3.05) is 27.4 Å². The molecule has 1 heterocycles. The number of aliphatic imine (C=N–C) groups is 1. The predicted octanol–water partition coefficient (Wildman–Crippen LogP) is 1.37. The van der Waals surface area contributed by atoms with Crippen molar-refractivity contribution in [3.63, 3.8) is 0 Å². The fraction of sp³-hybridized carbons (Fsp3) is 0.417. The van der Waals surface area contributed by atoms with Gasteiger partial charge in [0.15, 0.2) is 17.5 Å². The summed E-state index contributed by atoms with van der Waals surface area (Å²) < 4.78 is 10.6. The first-order valence-electron chi connectivity index (χ1n) is 5.60. The lowest BCUT2D eigenvalue weighted by molar-refractivity contribution is 0.174. The number of hydrogen-bond donors (Lipinski definition) is 2. The van der Waals surface area contributed by atoms with Gasteiger partial charge in [-0.25, -0.2) is 0 Å². The Bertz CT molecular complexity index is 424. The zero-order chi connectivity index (χ0) is 12.1. The maximum Gasteiger partial charge on any atom is 0.231 e. The number of fused-ring (bicyclic) bond motifs is 1. The SMILES string of the molecule is CN=C(NC)NCCc1ccc2c(c1)OCO2.I. The van der Waals surface area contributed by atoms with Crippen molar-refractivity contribution >= 4 is 29.9 Å². The normalized spacial score (nSPS) is 12.9. The Balaban J connectivity index is 0.00000162. The van der Waals surface area contributed by atoms with E-state index in [-0.39, 0.29) is 24.0 Å². The molecule has 0 aromatic heterocycles. The smallest absolute Gasteiger partial charge is 0.231 e. The molecule has 0 aliphatic carbocycles. The fourth-order valence-electron chi connectivity index (χ4n) is 1.70. The Hall–Kier alpha value is -1.18. The molecule has 18 heavy (non-hydrogen) atoms. The molecule has 0 unspecified atom stereocenters. The van der Waals surface area contributed by atoms with E-state index in [4.69, 9.17) is 9.47 Å². The molecule has 1 aliphatic rings. The van der Waals surface area contributed by atoms with Crippen LogP contribution in [0.3, 0.4) is 0 Å². The second-order valence-corrected chi connectivity index (χ2v) is 3.69. The van der Waals surface area contributed by atoms with Crippen LogP contribution in [0.5, 0.6) is 11.5 Å². The minimum Gasteiger partial charge on any atom is -0.454 e. The van der Waals surface area contributed by atoms with Gasteiger partial charge >= 0.3 is 0 Å². The van der Waals surface area contributed by atoms with Gasteiger partial charge < -0.3 is 20.1 Å². The van der Waals surface area contributed by atoms with E-state index in [1.54, 1.807) is 7.05 Å². The van der Waals surface area contributed by atoms with Crippen molar-refractivity contribution in [2.45, 2.75) is 6.42 Å². The summed E-state index contributed by atoms with van der Waals surface area (Å²) >= 11 is 0. The molecule has 0 atom stereocenters. The van der Waals surface area contributed by atoms with E-state index in [1.165, 1.54) is 5.56 Å². The molecule has 5 nitrogen and oxygen atoms in total. The fourth-order valence-corrected chi connectivity index (χ4v) is 1.70. The number of hydrogen-bond acceptors (Lipinski definition) is 3. The Morgan fingerprint density at radius 3 is 2.83 bits per heavy atom. The number of halogens is 1. The molecule has 1 aromatic rings. The van der Waals surface area contributed by atoms with E-state index >= 15 is 0 Å². The lowest BCUT2D eigenvalue weighted by Gasteiger charge is -2.08. The first kappa shape index (κ1) is 14.9. The Labute approximate surface area is 124 Å². The van der Waals surface area contributed by atoms with Gasteiger partial charge in [0, 0.05) is 20.6 Å². The van der Waals surface area contributed by atoms with Gasteiger partial charge in [-0.2, -0.15) is 0 Å². The second-order valence-electron chi connectivity index (χ2n) is 3.69. The summed E-state index contributed by atoms with van der Waals surface area (Å²) in [4.78, 5) is 4.05. The van der Waals surface area contributed by atoms with Crippen LogP contribution in [0.25, 0.3) is 0 Å². The topological polar surface area (TPSA) is 54.9 Å². The molecular formula is C12H18IN3O2. The first-order chi connectivity index (χ1) is 8.33. The zero-order valence-electron chi connectivity index (χ0n) is 10.5. The standard InChI is InChI=1S/C12H17N3O2.HI/c1-13-12(14-2)15-6-5-9-3-4-10-11(7-9)17-8-16-10;/h3-4,7H,5-6,8H2,1-2H3,(H2,13,14,15);1H. The van der Waals surface area contributed by atoms with Crippen LogP contribution in [0, 0.1) is 0 Å². The van der Waals surface area contributed by atoms with E-state index in [9.17, 15) is 0 Å². The van der Waals surface area contributed by atoms with Crippen molar-refractivity contribution < 1.29 is 9.47 Å². The van der Waals surface area contributed by atoms with Gasteiger partial charge in [0.1, 0.15) is 0 Å². The van der Waals surface area contributed by atoms with Crippen LogP contribution in [0.15, 0.2) is 23.2 Å². The molecule has 0 amide bonds. The van der Waals surface area contributed by atoms with Crippen molar-refractivity contribution in [3.8, 4) is 11.5 Å². The number of nitrogens with zero attached hydrogens (tertiary/aromatic N) is 1. The van der Waals surface area contributed by atoms with E-state index in [1.807, 2.05) is 19.2 Å². The van der Waals surface area contributed by atoms with Gasteiger partial charge in [-0.1, -0.05) is 6.07 Å². The predicted molar refractivity (Wildman–Crippen MR) is 82.1 cm³/mol. The lowest BCUT2D eigenvalue weighted by Crippen LogP contribution is -2.35. The summed E-state index contributed by atoms with van der Waals surface area (Å²) in [5, 5.41) is 6.18. The number of rotatable bonds is 3. The largest absolute Gasteiger partial charge is 0.454 e. The summed E-state index contributed by atoms with van der Waals surface area (Å²) in [6, 6.07) is 6.02. The van der Waals surface area contributed by atoms with Crippen molar-refractivity contribution in [2.24, 2.45) is 4.99 Å². The molecule has 0 radical (unpaired) electrons. The molecule has 0 saturated carbocycles. The molecule has 1 aliphatic heterocycles. The van der Waals surface area contributed by atoms with Crippen LogP contribution in [-0.2, 0) is 6.42 Å². The lowest BCUT2D eigenvalue weighted by atomic mass is 10.1. The Morgan fingerprint density at radius 1 is 1.33 bits per heavy atom. The van der Waals surface area contributed by atoms with Gasteiger partial charge in [-0.15, -0.1) is 24.0 Å². The molecule has 100 valence electrons. The van der Waals surface area contributed by atoms with Crippen LogP contribution < -0.4 is 20.1 Å². The van der Waals surface area contributed by atoms with Crippen LogP contribution in [0.1, 0.15) is 5.56 Å². The van der Waals surface area contributed by atoms with E-state index in [0.29, 0.717) is 6.79 Å². The number of benzene rings is 1. The van der Waals surface area contributed by atoms with Crippen molar-refractivity contribution in [1.29, 1.82) is 0 Å². The first-order valence-corrected chi connectivity index (χ1v) is 5.60. The maximum absolute atomic E-state index is 5.33. The Kier molecular flexibility index (Phi) is 6.03. The monoisotopic (exact) mass is 363 g/mol. The van der Waals surface area contributed by atoms with Crippen LogP contribution >= 0.6 is 24.0 Å². The zero-order valence-corrected chi connectivity index (χ0v) is 12.9. The molecule has 0 spiro atoms. The maximum atomic E-state index is 5.33. The van der Waals surface area contributed by atoms with Crippen molar-refractivity contribution in [1.82, 2.24) is 10.6 Å². The number of ether oxygens (including phenoxy) is 2. The van der Waals surface area contributed by atoms with Gasteiger partial charge in [-0.05, 0) is 24.1 Å². The van der Waals surface area contributed by atoms with E-state index in [2.05, 4.69) is 21.7 Å². The number of guanidine groups is 1. The third kappa shape index (κ3) is 3.66. The van der Waals surface area contributed by atoms with Gasteiger partial charge in [0.25, 0.3) is 0 Å². The second kappa shape index (κ2) is 7.30. The molecule has 0 saturated heterocycles. The number of nitrogens with one attached hydrogen (secondary N) is 2. The van der Waals surface area contributed by atoms with E-state index < -0.39 is 0 Å². The highest BCUT2D eigenvalue weighted by molar-refractivity contribution is 14.0. The average molecular weight is 363 g/mol. The molecular weight excluding hydrogens is 345 g/mol. The van der Waals surface area contributed by atoms with Gasteiger partial charge in [0.2, 0.25) is 6.79 Å². The third-order valence-electron chi connectivity index (χ3n) is 2.60. The van der Waals surface area contributed by atoms with Crippen LogP contribution in [0.2, 0.25) is 0 Å². The summed E-state index contributed by atoms with van der Waals surface area (Å²) in [6.07, 6.45) is 0.914. The summed E-state index contributed by atoms with van der Waals surface area (Å²) in [5.74, 6) is 2.46. The van der Waals surface area contributed by atoms with Crippen LogP contribution in [0.4, 0.5) is 0 Å². The quantitative estimate of drug-likeness (QED) is 0.484. The minimum atomic E-state index is 0. The summed E-state index contributed by atoms with van der Waals surface area (Å²) in [5.41, 5.74) is 1.22. The van der Waals surface area contributed by atoms with Gasteiger partial charge in [-0.3, -0.25) is 4.99 Å². The molecule has 1 aromatic carbocycles.